The van der Waals surface area contributed by atoms with E-state index in [9.17, 15) is 18.4 Å². The van der Waals surface area contributed by atoms with Gasteiger partial charge in [-0.05, 0) is 42.0 Å². The number of nitriles is 1. The number of rotatable bonds is 5. The molecule has 2 aromatic rings. The highest BCUT2D eigenvalue weighted by Crippen LogP contribution is 2.22. The molecular weight excluding hydrogens is 281 g/mol. The van der Waals surface area contributed by atoms with Crippen LogP contribution < -0.4 is 10.1 Å². The van der Waals surface area contributed by atoms with E-state index in [1.54, 1.807) is 0 Å². The van der Waals surface area contributed by atoms with Gasteiger partial charge in [0, 0.05) is 5.69 Å². The summed E-state index contributed by atoms with van der Waals surface area (Å²) in [5, 5.41) is 12.1. The van der Waals surface area contributed by atoms with Crippen molar-refractivity contribution in [3.05, 3.63) is 59.9 Å². The Balaban J connectivity index is 2.10. The second-order valence-electron chi connectivity index (χ2n) is 4.16. The number of halogens is 3. The highest BCUT2D eigenvalue weighted by molar-refractivity contribution is 5.47. The molecule has 6 heteroatoms. The van der Waals surface area contributed by atoms with Crippen molar-refractivity contribution in [2.75, 3.05) is 5.32 Å². The van der Waals surface area contributed by atoms with Crippen LogP contribution in [0.5, 0.6) is 5.75 Å². The molecule has 1 atom stereocenters. The van der Waals surface area contributed by atoms with Crippen LogP contribution >= 0.6 is 0 Å². The highest BCUT2D eigenvalue weighted by Gasteiger charge is 2.11. The minimum atomic E-state index is -2.89. The fourth-order valence-electron chi connectivity index (χ4n) is 1.74. The van der Waals surface area contributed by atoms with E-state index < -0.39 is 12.7 Å². The van der Waals surface area contributed by atoms with Gasteiger partial charge in [-0.15, -0.1) is 0 Å². The number of alkyl halides is 2. The van der Waals surface area contributed by atoms with Gasteiger partial charge in [0.15, 0.2) is 0 Å². The molecule has 0 radical (unpaired) electrons. The molecule has 0 saturated heterocycles. The fraction of sp³-hybridized carbons (Fsp3) is 0.133. The second kappa shape index (κ2) is 6.66. The predicted molar refractivity (Wildman–Crippen MR) is 71.5 cm³/mol. The molecule has 21 heavy (non-hydrogen) atoms. The van der Waals surface area contributed by atoms with Crippen LogP contribution in [0.3, 0.4) is 0 Å². The summed E-state index contributed by atoms with van der Waals surface area (Å²) in [5.74, 6) is -0.352. The summed E-state index contributed by atoms with van der Waals surface area (Å²) in [4.78, 5) is 0. The summed E-state index contributed by atoms with van der Waals surface area (Å²) in [7, 11) is 0. The minimum absolute atomic E-state index is 0.0206. The number of hydrogen-bond acceptors (Lipinski definition) is 3. The Kier molecular flexibility index (Phi) is 4.67. The standard InChI is InChI=1S/C15H11F3N2O/c16-11-3-5-12(6-4-11)20-14(9-19)10-1-7-13(8-2-10)21-15(17)18/h1-8,14-15,20H. The average molecular weight is 292 g/mol. The number of ether oxygens (including phenoxy) is 1. The molecule has 0 aromatic heterocycles. The van der Waals surface area contributed by atoms with Crippen LogP contribution in [0.2, 0.25) is 0 Å². The Morgan fingerprint density at radius 1 is 1.00 bits per heavy atom. The maximum atomic E-state index is 12.8. The lowest BCUT2D eigenvalue weighted by molar-refractivity contribution is -0.0498. The molecule has 108 valence electrons. The Bertz CT molecular complexity index is 621. The summed E-state index contributed by atoms with van der Waals surface area (Å²) in [6.45, 7) is -2.89. The lowest BCUT2D eigenvalue weighted by atomic mass is 10.1. The minimum Gasteiger partial charge on any atom is -0.435 e. The van der Waals surface area contributed by atoms with Crippen molar-refractivity contribution in [3.8, 4) is 11.8 Å². The molecular formula is C15H11F3N2O. The van der Waals surface area contributed by atoms with E-state index >= 15 is 0 Å². The van der Waals surface area contributed by atoms with Crippen molar-refractivity contribution in [1.29, 1.82) is 5.26 Å². The smallest absolute Gasteiger partial charge is 0.387 e. The van der Waals surface area contributed by atoms with E-state index in [0.717, 1.165) is 0 Å². The first-order valence-electron chi connectivity index (χ1n) is 6.05. The average Bonchev–Trinajstić information content (AvgIpc) is 2.47. The van der Waals surface area contributed by atoms with Gasteiger partial charge in [0.05, 0.1) is 6.07 Å². The molecule has 0 amide bonds. The molecule has 0 aliphatic carbocycles. The third-order valence-corrected chi connectivity index (χ3v) is 2.72. The number of benzene rings is 2. The summed E-state index contributed by atoms with van der Waals surface area (Å²) >= 11 is 0. The number of nitrogens with one attached hydrogen (secondary N) is 1. The van der Waals surface area contributed by atoms with Crippen molar-refractivity contribution in [2.45, 2.75) is 12.7 Å². The molecule has 0 aliphatic heterocycles. The third-order valence-electron chi connectivity index (χ3n) is 2.72. The number of nitrogens with zero attached hydrogens (tertiary/aromatic N) is 1. The Hall–Kier alpha value is -2.68. The van der Waals surface area contributed by atoms with Crippen molar-refractivity contribution in [1.82, 2.24) is 0 Å². The van der Waals surface area contributed by atoms with E-state index in [4.69, 9.17) is 0 Å². The van der Waals surface area contributed by atoms with Crippen molar-refractivity contribution in [3.63, 3.8) is 0 Å². The Morgan fingerprint density at radius 3 is 2.14 bits per heavy atom. The van der Waals surface area contributed by atoms with Crippen molar-refractivity contribution in [2.24, 2.45) is 0 Å². The molecule has 0 spiro atoms. The van der Waals surface area contributed by atoms with Crippen LogP contribution in [0.1, 0.15) is 11.6 Å². The van der Waals surface area contributed by atoms with E-state index in [0.29, 0.717) is 11.3 Å². The quantitative estimate of drug-likeness (QED) is 0.902. The van der Waals surface area contributed by atoms with Crippen LogP contribution in [-0.2, 0) is 0 Å². The zero-order valence-corrected chi connectivity index (χ0v) is 10.8. The lowest BCUT2D eigenvalue weighted by Gasteiger charge is -2.14. The molecule has 0 bridgehead atoms. The summed E-state index contributed by atoms with van der Waals surface area (Å²) in [5.41, 5.74) is 1.17. The largest absolute Gasteiger partial charge is 0.435 e. The summed E-state index contributed by atoms with van der Waals surface area (Å²) in [6.07, 6.45) is 0. The van der Waals surface area contributed by atoms with E-state index in [2.05, 4.69) is 10.1 Å². The Labute approximate surface area is 119 Å². The third kappa shape index (κ3) is 4.14. The van der Waals surface area contributed by atoms with Gasteiger partial charge in [0.2, 0.25) is 0 Å². The maximum Gasteiger partial charge on any atom is 0.387 e. The van der Waals surface area contributed by atoms with Gasteiger partial charge >= 0.3 is 6.61 Å². The van der Waals surface area contributed by atoms with Gasteiger partial charge < -0.3 is 10.1 Å². The SMILES string of the molecule is N#CC(Nc1ccc(F)cc1)c1ccc(OC(F)F)cc1. The van der Waals surface area contributed by atoms with Crippen LogP contribution in [0.15, 0.2) is 48.5 Å². The second-order valence-corrected chi connectivity index (χ2v) is 4.16. The van der Waals surface area contributed by atoms with Crippen LogP contribution in [-0.4, -0.2) is 6.61 Å². The molecule has 3 nitrogen and oxygen atoms in total. The number of hydrogen-bond donors (Lipinski definition) is 1. The highest BCUT2D eigenvalue weighted by atomic mass is 19.3. The van der Waals surface area contributed by atoms with Crippen molar-refractivity contribution < 1.29 is 17.9 Å². The molecule has 1 unspecified atom stereocenters. The van der Waals surface area contributed by atoms with Gasteiger partial charge in [-0.3, -0.25) is 0 Å². The normalized spacial score (nSPS) is 11.8. The zero-order valence-electron chi connectivity index (χ0n) is 10.8. The Morgan fingerprint density at radius 2 is 1.62 bits per heavy atom. The lowest BCUT2D eigenvalue weighted by Crippen LogP contribution is -2.08. The van der Waals surface area contributed by atoms with E-state index in [1.807, 2.05) is 6.07 Å². The monoisotopic (exact) mass is 292 g/mol. The molecule has 0 fully saturated rings. The molecule has 2 rings (SSSR count). The first-order valence-corrected chi connectivity index (χ1v) is 6.05. The zero-order chi connectivity index (χ0) is 15.2. The fourth-order valence-corrected chi connectivity index (χ4v) is 1.74. The first-order chi connectivity index (χ1) is 10.1. The van der Waals surface area contributed by atoms with E-state index in [-0.39, 0.29) is 11.6 Å². The molecule has 0 saturated carbocycles. The van der Waals surface area contributed by atoms with Crippen molar-refractivity contribution >= 4 is 5.69 Å². The molecule has 1 N–H and O–H groups in total. The van der Waals surface area contributed by atoms with Gasteiger partial charge in [-0.2, -0.15) is 14.0 Å². The van der Waals surface area contributed by atoms with Gasteiger partial charge in [0.1, 0.15) is 17.6 Å². The first kappa shape index (κ1) is 14.7. The topological polar surface area (TPSA) is 45.0 Å². The van der Waals surface area contributed by atoms with Crippen LogP contribution in [0.25, 0.3) is 0 Å². The maximum absolute atomic E-state index is 12.8. The predicted octanol–water partition coefficient (Wildman–Crippen LogP) is 4.10. The summed E-state index contributed by atoms with van der Waals surface area (Å²) < 4.78 is 41.1. The molecule has 2 aromatic carbocycles. The van der Waals surface area contributed by atoms with Gasteiger partial charge in [-0.1, -0.05) is 12.1 Å². The molecule has 0 aliphatic rings. The summed E-state index contributed by atoms with van der Waals surface area (Å²) in [6, 6.07) is 12.7. The van der Waals surface area contributed by atoms with Gasteiger partial charge in [0.25, 0.3) is 0 Å². The van der Waals surface area contributed by atoms with E-state index in [1.165, 1.54) is 48.5 Å². The van der Waals surface area contributed by atoms with Gasteiger partial charge in [-0.25, -0.2) is 4.39 Å². The van der Waals surface area contributed by atoms with Crippen LogP contribution in [0.4, 0.5) is 18.9 Å². The molecule has 0 heterocycles. The van der Waals surface area contributed by atoms with Crippen LogP contribution in [0, 0.1) is 17.1 Å². The number of anilines is 1.